The van der Waals surface area contributed by atoms with E-state index in [4.69, 9.17) is 26.3 Å². The maximum Gasteiger partial charge on any atom is 0.353 e. The van der Waals surface area contributed by atoms with E-state index >= 15 is 0 Å². The van der Waals surface area contributed by atoms with Crippen LogP contribution in [0.2, 0.25) is 5.02 Å². The lowest BCUT2D eigenvalue weighted by Gasteiger charge is -2.13. The SMILES string of the molecule is CC(=NOCC(C)Oc1cccc(Cl)c1)C(=O)O. The predicted octanol–water partition coefficient (Wildman–Crippen LogP) is 2.58. The lowest BCUT2D eigenvalue weighted by Crippen LogP contribution is -2.19. The van der Waals surface area contributed by atoms with Gasteiger partial charge in [-0.3, -0.25) is 0 Å². The molecule has 1 aromatic rings. The van der Waals surface area contributed by atoms with Crippen molar-refractivity contribution in [1.29, 1.82) is 0 Å². The molecule has 0 aliphatic heterocycles. The highest BCUT2D eigenvalue weighted by Crippen LogP contribution is 2.18. The largest absolute Gasteiger partial charge is 0.487 e. The van der Waals surface area contributed by atoms with Gasteiger partial charge >= 0.3 is 5.97 Å². The Kier molecular flexibility index (Phi) is 5.45. The lowest BCUT2D eigenvalue weighted by molar-refractivity contribution is -0.129. The second-order valence-corrected chi connectivity index (χ2v) is 4.10. The molecular formula is C12H14ClNO4. The maximum atomic E-state index is 10.4. The Bertz CT molecular complexity index is 447. The number of carboxylic acid groups (broad SMARTS) is 1. The first-order valence-electron chi connectivity index (χ1n) is 5.31. The van der Waals surface area contributed by atoms with Crippen LogP contribution in [0, 0.1) is 0 Å². The van der Waals surface area contributed by atoms with E-state index in [0.717, 1.165) is 0 Å². The van der Waals surface area contributed by atoms with E-state index in [9.17, 15) is 4.79 Å². The number of hydrogen-bond acceptors (Lipinski definition) is 4. The second kappa shape index (κ2) is 6.86. The fourth-order valence-electron chi connectivity index (χ4n) is 1.08. The summed E-state index contributed by atoms with van der Waals surface area (Å²) >= 11 is 5.81. The van der Waals surface area contributed by atoms with Crippen molar-refractivity contribution in [2.75, 3.05) is 6.61 Å². The molecule has 0 spiro atoms. The van der Waals surface area contributed by atoms with Crippen molar-refractivity contribution in [1.82, 2.24) is 0 Å². The van der Waals surface area contributed by atoms with Gasteiger partial charge in [-0.05, 0) is 32.0 Å². The summed E-state index contributed by atoms with van der Waals surface area (Å²) in [6.45, 7) is 3.29. The molecule has 0 saturated heterocycles. The minimum absolute atomic E-state index is 0.107. The summed E-state index contributed by atoms with van der Waals surface area (Å²) in [7, 11) is 0. The van der Waals surface area contributed by atoms with Crippen LogP contribution in [0.5, 0.6) is 5.75 Å². The average molecular weight is 272 g/mol. The Morgan fingerprint density at radius 2 is 2.28 bits per heavy atom. The van der Waals surface area contributed by atoms with E-state index in [-0.39, 0.29) is 18.4 Å². The zero-order valence-electron chi connectivity index (χ0n) is 10.1. The number of nitrogens with zero attached hydrogens (tertiary/aromatic N) is 1. The standard InChI is InChI=1S/C12H14ClNO4/c1-8(7-17-14-9(2)12(15)16)18-11-5-3-4-10(13)6-11/h3-6,8H,7H2,1-2H3,(H,15,16). The molecule has 5 nitrogen and oxygen atoms in total. The zero-order valence-corrected chi connectivity index (χ0v) is 10.8. The average Bonchev–Trinajstić information content (AvgIpc) is 2.28. The van der Waals surface area contributed by atoms with E-state index in [0.29, 0.717) is 10.8 Å². The minimum atomic E-state index is -1.11. The molecule has 0 aromatic heterocycles. The number of benzene rings is 1. The third kappa shape index (κ3) is 5.05. The molecule has 18 heavy (non-hydrogen) atoms. The molecule has 98 valence electrons. The first-order chi connectivity index (χ1) is 8.49. The number of hydrogen-bond donors (Lipinski definition) is 1. The molecule has 6 heteroatoms. The molecule has 0 aliphatic rings. The van der Waals surface area contributed by atoms with Crippen LogP contribution >= 0.6 is 11.6 Å². The van der Waals surface area contributed by atoms with Gasteiger partial charge in [0.05, 0.1) is 0 Å². The van der Waals surface area contributed by atoms with E-state index in [1.807, 2.05) is 0 Å². The monoisotopic (exact) mass is 271 g/mol. The highest BCUT2D eigenvalue weighted by Gasteiger charge is 2.06. The van der Waals surface area contributed by atoms with Crippen LogP contribution < -0.4 is 4.74 Å². The predicted molar refractivity (Wildman–Crippen MR) is 68.2 cm³/mol. The van der Waals surface area contributed by atoms with Crippen LogP contribution in [-0.2, 0) is 9.63 Å². The minimum Gasteiger partial charge on any atom is -0.487 e. The molecule has 0 heterocycles. The van der Waals surface area contributed by atoms with Crippen LogP contribution in [-0.4, -0.2) is 29.5 Å². The molecule has 0 radical (unpaired) electrons. The number of rotatable bonds is 6. The molecule has 1 atom stereocenters. The molecule has 0 saturated carbocycles. The van der Waals surface area contributed by atoms with Crippen molar-refractivity contribution in [3.05, 3.63) is 29.3 Å². The van der Waals surface area contributed by atoms with Gasteiger partial charge in [0.1, 0.15) is 11.9 Å². The quantitative estimate of drug-likeness (QED) is 0.638. The van der Waals surface area contributed by atoms with E-state index in [2.05, 4.69) is 5.16 Å². The van der Waals surface area contributed by atoms with Crippen molar-refractivity contribution >= 4 is 23.3 Å². The van der Waals surface area contributed by atoms with Gasteiger partial charge < -0.3 is 14.7 Å². The van der Waals surface area contributed by atoms with Gasteiger partial charge in [-0.15, -0.1) is 0 Å². The number of carbonyl (C=O) groups is 1. The molecular weight excluding hydrogens is 258 g/mol. The number of aliphatic carboxylic acids is 1. The summed E-state index contributed by atoms with van der Waals surface area (Å²) in [4.78, 5) is 15.3. The third-order valence-corrected chi connectivity index (χ3v) is 2.19. The van der Waals surface area contributed by atoms with Crippen LogP contribution in [0.3, 0.4) is 0 Å². The molecule has 0 aliphatic carbocycles. The number of oxime groups is 1. The fourth-order valence-corrected chi connectivity index (χ4v) is 1.27. The number of ether oxygens (including phenoxy) is 1. The number of carboxylic acids is 1. The van der Waals surface area contributed by atoms with Gasteiger partial charge in [0.25, 0.3) is 0 Å². The van der Waals surface area contributed by atoms with E-state index < -0.39 is 5.97 Å². The Hall–Kier alpha value is -1.75. The Balaban J connectivity index is 2.41. The van der Waals surface area contributed by atoms with Crippen molar-refractivity contribution in [2.24, 2.45) is 5.16 Å². The first kappa shape index (κ1) is 14.3. The molecule has 0 fully saturated rings. The van der Waals surface area contributed by atoms with Gasteiger partial charge in [0, 0.05) is 5.02 Å². The molecule has 0 amide bonds. The summed E-state index contributed by atoms with van der Waals surface area (Å²) in [5.74, 6) is -0.490. The summed E-state index contributed by atoms with van der Waals surface area (Å²) in [5, 5.41) is 12.6. The molecule has 0 bridgehead atoms. The Morgan fingerprint density at radius 1 is 1.56 bits per heavy atom. The second-order valence-electron chi connectivity index (χ2n) is 3.66. The van der Waals surface area contributed by atoms with Gasteiger partial charge in [0.2, 0.25) is 0 Å². The Labute approximate surface area is 110 Å². The topological polar surface area (TPSA) is 68.1 Å². The van der Waals surface area contributed by atoms with Crippen LogP contribution in [0.15, 0.2) is 29.4 Å². The van der Waals surface area contributed by atoms with Gasteiger partial charge in [-0.1, -0.05) is 22.8 Å². The van der Waals surface area contributed by atoms with Crippen LogP contribution in [0.1, 0.15) is 13.8 Å². The van der Waals surface area contributed by atoms with Crippen LogP contribution in [0.4, 0.5) is 0 Å². The smallest absolute Gasteiger partial charge is 0.353 e. The molecule has 1 aromatic carbocycles. The Morgan fingerprint density at radius 3 is 2.89 bits per heavy atom. The van der Waals surface area contributed by atoms with Gasteiger partial charge in [0.15, 0.2) is 12.3 Å². The molecule has 1 N–H and O–H groups in total. The summed E-state index contributed by atoms with van der Waals surface area (Å²) in [6, 6.07) is 6.98. The highest BCUT2D eigenvalue weighted by molar-refractivity contribution is 6.34. The molecule has 1 rings (SSSR count). The highest BCUT2D eigenvalue weighted by atomic mass is 35.5. The summed E-state index contributed by atoms with van der Waals surface area (Å²) in [6.07, 6.45) is -0.270. The zero-order chi connectivity index (χ0) is 13.5. The van der Waals surface area contributed by atoms with E-state index in [1.54, 1.807) is 31.2 Å². The van der Waals surface area contributed by atoms with E-state index in [1.165, 1.54) is 6.92 Å². The third-order valence-electron chi connectivity index (χ3n) is 1.95. The maximum absolute atomic E-state index is 10.4. The van der Waals surface area contributed by atoms with Crippen molar-refractivity contribution in [2.45, 2.75) is 20.0 Å². The van der Waals surface area contributed by atoms with Crippen molar-refractivity contribution in [3.63, 3.8) is 0 Å². The normalized spacial score (nSPS) is 12.9. The summed E-state index contributed by atoms with van der Waals surface area (Å²) in [5.41, 5.74) is -0.107. The molecule has 1 unspecified atom stereocenters. The van der Waals surface area contributed by atoms with Gasteiger partial charge in [-0.2, -0.15) is 0 Å². The lowest BCUT2D eigenvalue weighted by atomic mass is 10.3. The first-order valence-corrected chi connectivity index (χ1v) is 5.69. The van der Waals surface area contributed by atoms with Crippen LogP contribution in [0.25, 0.3) is 0 Å². The van der Waals surface area contributed by atoms with Crippen molar-refractivity contribution in [3.8, 4) is 5.75 Å². The summed E-state index contributed by atoms with van der Waals surface area (Å²) < 4.78 is 5.51. The van der Waals surface area contributed by atoms with Gasteiger partial charge in [-0.25, -0.2) is 4.79 Å². The van der Waals surface area contributed by atoms with Crippen molar-refractivity contribution < 1.29 is 19.5 Å². The number of halogens is 1. The fraction of sp³-hybridized carbons (Fsp3) is 0.333.